The SMILES string of the molecule is CCNCc1occc1CN1CCCC1. The van der Waals surface area contributed by atoms with Gasteiger partial charge in [0.25, 0.3) is 0 Å². The lowest BCUT2D eigenvalue weighted by Crippen LogP contribution is -2.20. The normalized spacial score (nSPS) is 17.4. The number of nitrogens with one attached hydrogen (secondary N) is 1. The Morgan fingerprint density at radius 2 is 2.20 bits per heavy atom. The van der Waals surface area contributed by atoms with Crippen LogP contribution in [0.2, 0.25) is 0 Å². The van der Waals surface area contributed by atoms with E-state index >= 15 is 0 Å². The Labute approximate surface area is 91.4 Å². The van der Waals surface area contributed by atoms with Gasteiger partial charge in [0, 0.05) is 12.1 Å². The second-order valence-corrected chi connectivity index (χ2v) is 4.13. The summed E-state index contributed by atoms with van der Waals surface area (Å²) in [5.74, 6) is 1.10. The van der Waals surface area contributed by atoms with Crippen LogP contribution in [-0.2, 0) is 13.1 Å². The van der Waals surface area contributed by atoms with E-state index in [0.717, 1.165) is 25.4 Å². The standard InChI is InChI=1S/C12H20N2O/c1-2-13-9-12-11(5-8-15-12)10-14-6-3-4-7-14/h5,8,13H,2-4,6-7,9-10H2,1H3. The van der Waals surface area contributed by atoms with Gasteiger partial charge < -0.3 is 9.73 Å². The predicted molar refractivity (Wildman–Crippen MR) is 60.6 cm³/mol. The maximum atomic E-state index is 5.49. The molecule has 1 aliphatic heterocycles. The van der Waals surface area contributed by atoms with E-state index in [-0.39, 0.29) is 0 Å². The highest BCUT2D eigenvalue weighted by Crippen LogP contribution is 2.16. The predicted octanol–water partition coefficient (Wildman–Crippen LogP) is 1.98. The van der Waals surface area contributed by atoms with Gasteiger partial charge in [-0.15, -0.1) is 0 Å². The van der Waals surface area contributed by atoms with Crippen LogP contribution in [0.25, 0.3) is 0 Å². The van der Waals surface area contributed by atoms with E-state index < -0.39 is 0 Å². The summed E-state index contributed by atoms with van der Waals surface area (Å²) in [6.07, 6.45) is 4.50. The lowest BCUT2D eigenvalue weighted by molar-refractivity contribution is 0.326. The molecule has 1 saturated heterocycles. The molecule has 0 unspecified atom stereocenters. The van der Waals surface area contributed by atoms with Crippen molar-refractivity contribution in [1.82, 2.24) is 10.2 Å². The van der Waals surface area contributed by atoms with E-state index in [1.54, 1.807) is 6.26 Å². The molecule has 1 aromatic rings. The molecule has 84 valence electrons. The van der Waals surface area contributed by atoms with Gasteiger partial charge in [-0.3, -0.25) is 4.90 Å². The monoisotopic (exact) mass is 208 g/mol. The van der Waals surface area contributed by atoms with Crippen LogP contribution in [0.1, 0.15) is 31.1 Å². The average Bonchev–Trinajstić information content (AvgIpc) is 2.87. The summed E-state index contributed by atoms with van der Waals surface area (Å²) in [5.41, 5.74) is 1.35. The Kier molecular flexibility index (Phi) is 3.80. The largest absolute Gasteiger partial charge is 0.468 e. The number of likely N-dealkylation sites (tertiary alicyclic amines) is 1. The third-order valence-electron chi connectivity index (χ3n) is 2.97. The molecule has 0 spiro atoms. The van der Waals surface area contributed by atoms with Gasteiger partial charge in [-0.2, -0.15) is 0 Å². The highest BCUT2D eigenvalue weighted by molar-refractivity contribution is 5.17. The molecule has 2 rings (SSSR count). The van der Waals surface area contributed by atoms with Crippen molar-refractivity contribution in [3.63, 3.8) is 0 Å². The van der Waals surface area contributed by atoms with Gasteiger partial charge in [0.15, 0.2) is 0 Å². The van der Waals surface area contributed by atoms with Gasteiger partial charge >= 0.3 is 0 Å². The van der Waals surface area contributed by atoms with Crippen LogP contribution in [0.4, 0.5) is 0 Å². The number of furan rings is 1. The summed E-state index contributed by atoms with van der Waals surface area (Å²) in [4.78, 5) is 2.50. The fraction of sp³-hybridized carbons (Fsp3) is 0.667. The Morgan fingerprint density at radius 3 is 2.93 bits per heavy atom. The number of nitrogens with zero attached hydrogens (tertiary/aromatic N) is 1. The maximum absolute atomic E-state index is 5.49. The Hall–Kier alpha value is -0.800. The van der Waals surface area contributed by atoms with Crippen molar-refractivity contribution in [2.24, 2.45) is 0 Å². The first-order chi connectivity index (χ1) is 7.40. The Bertz CT molecular complexity index is 290. The van der Waals surface area contributed by atoms with Gasteiger partial charge in [0.05, 0.1) is 12.8 Å². The van der Waals surface area contributed by atoms with Crippen molar-refractivity contribution in [2.75, 3.05) is 19.6 Å². The molecule has 1 aliphatic rings. The third-order valence-corrected chi connectivity index (χ3v) is 2.97. The van der Waals surface area contributed by atoms with Crippen LogP contribution in [0, 0.1) is 0 Å². The average molecular weight is 208 g/mol. The molecule has 1 fully saturated rings. The van der Waals surface area contributed by atoms with Crippen LogP contribution >= 0.6 is 0 Å². The van der Waals surface area contributed by atoms with E-state index in [1.807, 2.05) is 0 Å². The topological polar surface area (TPSA) is 28.4 Å². The molecule has 1 N–H and O–H groups in total. The minimum Gasteiger partial charge on any atom is -0.468 e. The van der Waals surface area contributed by atoms with E-state index in [9.17, 15) is 0 Å². The van der Waals surface area contributed by atoms with Gasteiger partial charge in [-0.05, 0) is 38.5 Å². The second kappa shape index (κ2) is 5.33. The second-order valence-electron chi connectivity index (χ2n) is 4.13. The third kappa shape index (κ3) is 2.83. The zero-order valence-electron chi connectivity index (χ0n) is 9.46. The van der Waals surface area contributed by atoms with Crippen molar-refractivity contribution in [3.8, 4) is 0 Å². The van der Waals surface area contributed by atoms with Crippen molar-refractivity contribution in [1.29, 1.82) is 0 Å². The van der Waals surface area contributed by atoms with E-state index in [0.29, 0.717) is 0 Å². The Morgan fingerprint density at radius 1 is 1.40 bits per heavy atom. The minimum absolute atomic E-state index is 0.854. The fourth-order valence-corrected chi connectivity index (χ4v) is 2.08. The molecular weight excluding hydrogens is 188 g/mol. The number of hydrogen-bond donors (Lipinski definition) is 1. The summed E-state index contributed by atoms with van der Waals surface area (Å²) in [7, 11) is 0. The molecule has 1 aromatic heterocycles. The van der Waals surface area contributed by atoms with Gasteiger partial charge in [0.2, 0.25) is 0 Å². The lowest BCUT2D eigenvalue weighted by Gasteiger charge is -2.14. The van der Waals surface area contributed by atoms with Gasteiger partial charge in [-0.1, -0.05) is 6.92 Å². The molecule has 0 bridgehead atoms. The molecule has 0 atom stereocenters. The quantitative estimate of drug-likeness (QED) is 0.802. The highest BCUT2D eigenvalue weighted by Gasteiger charge is 2.14. The molecule has 3 nitrogen and oxygen atoms in total. The zero-order chi connectivity index (χ0) is 10.5. The molecule has 3 heteroatoms. The van der Waals surface area contributed by atoms with E-state index in [1.165, 1.54) is 31.5 Å². The lowest BCUT2D eigenvalue weighted by atomic mass is 10.2. The molecule has 15 heavy (non-hydrogen) atoms. The molecule has 0 aromatic carbocycles. The van der Waals surface area contributed by atoms with E-state index in [4.69, 9.17) is 4.42 Å². The summed E-state index contributed by atoms with van der Waals surface area (Å²) in [6, 6.07) is 2.10. The first kappa shape index (κ1) is 10.7. The summed E-state index contributed by atoms with van der Waals surface area (Å²) in [6.45, 7) is 7.49. The van der Waals surface area contributed by atoms with Crippen LogP contribution < -0.4 is 5.32 Å². The molecule has 0 saturated carbocycles. The molecule has 0 amide bonds. The first-order valence-corrected chi connectivity index (χ1v) is 5.88. The van der Waals surface area contributed by atoms with Crippen LogP contribution in [0.15, 0.2) is 16.7 Å². The van der Waals surface area contributed by atoms with Crippen molar-refractivity contribution in [2.45, 2.75) is 32.9 Å². The van der Waals surface area contributed by atoms with Crippen molar-refractivity contribution >= 4 is 0 Å². The summed E-state index contributed by atoms with van der Waals surface area (Å²) < 4.78 is 5.49. The maximum Gasteiger partial charge on any atom is 0.122 e. The van der Waals surface area contributed by atoms with Crippen molar-refractivity contribution < 1.29 is 4.42 Å². The van der Waals surface area contributed by atoms with Gasteiger partial charge in [-0.25, -0.2) is 0 Å². The van der Waals surface area contributed by atoms with Crippen LogP contribution in [-0.4, -0.2) is 24.5 Å². The van der Waals surface area contributed by atoms with Crippen molar-refractivity contribution in [3.05, 3.63) is 23.7 Å². The minimum atomic E-state index is 0.854. The zero-order valence-corrected chi connectivity index (χ0v) is 9.46. The number of rotatable bonds is 5. The molecular formula is C12H20N2O. The van der Waals surface area contributed by atoms with Gasteiger partial charge in [0.1, 0.15) is 5.76 Å². The summed E-state index contributed by atoms with van der Waals surface area (Å²) in [5, 5.41) is 3.30. The van der Waals surface area contributed by atoms with E-state index in [2.05, 4.69) is 23.2 Å². The van der Waals surface area contributed by atoms with Crippen LogP contribution in [0.3, 0.4) is 0 Å². The van der Waals surface area contributed by atoms with Crippen LogP contribution in [0.5, 0.6) is 0 Å². The Balaban J connectivity index is 1.91. The molecule has 2 heterocycles. The summed E-state index contributed by atoms with van der Waals surface area (Å²) >= 11 is 0. The fourth-order valence-electron chi connectivity index (χ4n) is 2.08. The smallest absolute Gasteiger partial charge is 0.122 e. The highest BCUT2D eigenvalue weighted by atomic mass is 16.3. The molecule has 0 aliphatic carbocycles. The number of hydrogen-bond acceptors (Lipinski definition) is 3. The first-order valence-electron chi connectivity index (χ1n) is 5.88. The molecule has 0 radical (unpaired) electrons.